The zero-order chi connectivity index (χ0) is 13.5. The van der Waals surface area contributed by atoms with Crippen molar-refractivity contribution < 1.29 is 4.79 Å². The van der Waals surface area contributed by atoms with Gasteiger partial charge in [0.25, 0.3) is 0 Å². The number of nitrogens with zero attached hydrogens (tertiary/aromatic N) is 1. The van der Waals surface area contributed by atoms with Crippen molar-refractivity contribution in [2.45, 2.75) is 6.42 Å². The molecule has 0 aliphatic rings. The highest BCUT2D eigenvalue weighted by molar-refractivity contribution is 6.43. The summed E-state index contributed by atoms with van der Waals surface area (Å²) in [6.07, 6.45) is 0.893. The lowest BCUT2D eigenvalue weighted by Crippen LogP contribution is -2.31. The molecule has 1 aromatic carbocycles. The summed E-state index contributed by atoms with van der Waals surface area (Å²) in [5, 5.41) is 6.18. The van der Waals surface area contributed by atoms with Gasteiger partial charge >= 0.3 is 6.03 Å². The van der Waals surface area contributed by atoms with Crippen LogP contribution in [0.5, 0.6) is 0 Å². The number of anilines is 1. The van der Waals surface area contributed by atoms with Crippen LogP contribution >= 0.6 is 23.2 Å². The molecule has 4 nitrogen and oxygen atoms in total. The van der Waals surface area contributed by atoms with Gasteiger partial charge in [-0.25, -0.2) is 4.79 Å². The van der Waals surface area contributed by atoms with Gasteiger partial charge in [-0.3, -0.25) is 0 Å². The molecule has 2 amide bonds. The Morgan fingerprint density at radius 2 is 2.06 bits per heavy atom. The molecule has 1 aromatic rings. The van der Waals surface area contributed by atoms with E-state index in [2.05, 4.69) is 15.5 Å². The first-order chi connectivity index (χ1) is 8.50. The molecule has 0 unspecified atom stereocenters. The highest BCUT2D eigenvalue weighted by Gasteiger charge is 2.07. The van der Waals surface area contributed by atoms with E-state index < -0.39 is 0 Å². The standard InChI is InChI=1S/C12H17Cl2N3O/c1-17(2)8-4-7-15-12(18)16-10-6-3-5-9(13)11(10)14/h3,5-6H,4,7-8H2,1-2H3,(H2,15,16,18). The summed E-state index contributed by atoms with van der Waals surface area (Å²) in [5.41, 5.74) is 0.509. The molecule has 6 heteroatoms. The van der Waals surface area contributed by atoms with Crippen molar-refractivity contribution in [2.75, 3.05) is 32.5 Å². The molecule has 0 saturated carbocycles. The minimum Gasteiger partial charge on any atom is -0.338 e. The number of benzene rings is 1. The third-order valence-electron chi connectivity index (χ3n) is 2.27. The summed E-state index contributed by atoms with van der Waals surface area (Å²) in [5.74, 6) is 0. The Morgan fingerprint density at radius 3 is 2.72 bits per heavy atom. The van der Waals surface area contributed by atoms with Crippen molar-refractivity contribution >= 4 is 34.9 Å². The topological polar surface area (TPSA) is 44.4 Å². The SMILES string of the molecule is CN(C)CCCNC(=O)Nc1cccc(Cl)c1Cl. The number of urea groups is 1. The molecule has 0 saturated heterocycles. The molecule has 0 aliphatic carbocycles. The third kappa shape index (κ3) is 5.12. The van der Waals surface area contributed by atoms with Crippen molar-refractivity contribution in [1.29, 1.82) is 0 Å². The van der Waals surface area contributed by atoms with Crippen LogP contribution in [0.3, 0.4) is 0 Å². The number of carbonyl (C=O) groups excluding carboxylic acids is 1. The Kier molecular flexibility index (Phi) is 6.25. The van der Waals surface area contributed by atoms with Gasteiger partial charge < -0.3 is 15.5 Å². The molecular formula is C12H17Cl2N3O. The van der Waals surface area contributed by atoms with Gasteiger partial charge in [-0.2, -0.15) is 0 Å². The van der Waals surface area contributed by atoms with E-state index in [1.165, 1.54) is 0 Å². The van der Waals surface area contributed by atoms with Gasteiger partial charge in [0.15, 0.2) is 0 Å². The quantitative estimate of drug-likeness (QED) is 0.819. The van der Waals surface area contributed by atoms with E-state index in [0.29, 0.717) is 22.3 Å². The number of rotatable bonds is 5. The fourth-order valence-electron chi connectivity index (χ4n) is 1.36. The van der Waals surface area contributed by atoms with Crippen LogP contribution in [0, 0.1) is 0 Å². The average Bonchev–Trinajstić information content (AvgIpc) is 2.30. The largest absolute Gasteiger partial charge is 0.338 e. The minimum atomic E-state index is -0.280. The fourth-order valence-corrected chi connectivity index (χ4v) is 1.71. The van der Waals surface area contributed by atoms with E-state index >= 15 is 0 Å². The lowest BCUT2D eigenvalue weighted by atomic mass is 10.3. The van der Waals surface area contributed by atoms with Crippen LogP contribution in [0.2, 0.25) is 10.0 Å². The number of carbonyl (C=O) groups is 1. The second kappa shape index (κ2) is 7.46. The van der Waals surface area contributed by atoms with Crippen molar-refractivity contribution in [3.05, 3.63) is 28.2 Å². The van der Waals surface area contributed by atoms with Crippen molar-refractivity contribution in [1.82, 2.24) is 10.2 Å². The zero-order valence-corrected chi connectivity index (χ0v) is 12.0. The number of hydrogen-bond acceptors (Lipinski definition) is 2. The van der Waals surface area contributed by atoms with Gasteiger partial charge in [-0.1, -0.05) is 29.3 Å². The van der Waals surface area contributed by atoms with Gasteiger partial charge in [-0.15, -0.1) is 0 Å². The molecule has 0 radical (unpaired) electrons. The Morgan fingerprint density at radius 1 is 1.33 bits per heavy atom. The van der Waals surface area contributed by atoms with Crippen molar-refractivity contribution in [3.8, 4) is 0 Å². The molecule has 0 aliphatic heterocycles. The highest BCUT2D eigenvalue weighted by Crippen LogP contribution is 2.29. The van der Waals surface area contributed by atoms with E-state index in [4.69, 9.17) is 23.2 Å². The maximum Gasteiger partial charge on any atom is 0.319 e. The van der Waals surface area contributed by atoms with Crippen LogP contribution < -0.4 is 10.6 Å². The van der Waals surface area contributed by atoms with E-state index in [-0.39, 0.29) is 6.03 Å². The molecule has 0 fully saturated rings. The first-order valence-corrected chi connectivity index (χ1v) is 6.40. The Hall–Kier alpha value is -0.970. The molecule has 0 spiro atoms. The highest BCUT2D eigenvalue weighted by atomic mass is 35.5. The number of amides is 2. The molecular weight excluding hydrogens is 273 g/mol. The third-order valence-corrected chi connectivity index (χ3v) is 3.09. The predicted molar refractivity (Wildman–Crippen MR) is 76.7 cm³/mol. The summed E-state index contributed by atoms with van der Waals surface area (Å²) in [4.78, 5) is 13.6. The van der Waals surface area contributed by atoms with E-state index in [9.17, 15) is 4.79 Å². The maximum absolute atomic E-state index is 11.6. The maximum atomic E-state index is 11.6. The monoisotopic (exact) mass is 289 g/mol. The van der Waals surface area contributed by atoms with Crippen LogP contribution in [0.4, 0.5) is 10.5 Å². The first-order valence-electron chi connectivity index (χ1n) is 5.64. The van der Waals surface area contributed by atoms with E-state index in [1.54, 1.807) is 18.2 Å². The molecule has 2 N–H and O–H groups in total. The summed E-state index contributed by atoms with van der Waals surface area (Å²) < 4.78 is 0. The Labute approximate surface area is 117 Å². The predicted octanol–water partition coefficient (Wildman–Crippen LogP) is 3.07. The van der Waals surface area contributed by atoms with Crippen LogP contribution in [-0.2, 0) is 0 Å². The van der Waals surface area contributed by atoms with Gasteiger partial charge in [0.2, 0.25) is 0 Å². The van der Waals surface area contributed by atoms with Gasteiger partial charge in [0, 0.05) is 6.54 Å². The second-order valence-corrected chi connectivity index (χ2v) is 4.92. The Bertz CT molecular complexity index is 410. The summed E-state index contributed by atoms with van der Waals surface area (Å²) in [6, 6.07) is 4.83. The van der Waals surface area contributed by atoms with Crippen LogP contribution in [0.25, 0.3) is 0 Å². The summed E-state index contributed by atoms with van der Waals surface area (Å²) in [7, 11) is 3.98. The molecule has 100 valence electrons. The van der Waals surface area contributed by atoms with E-state index in [1.807, 2.05) is 14.1 Å². The molecule has 0 bridgehead atoms. The van der Waals surface area contributed by atoms with Crippen molar-refractivity contribution in [2.24, 2.45) is 0 Å². The molecule has 0 aromatic heterocycles. The molecule has 18 heavy (non-hydrogen) atoms. The first kappa shape index (κ1) is 15.1. The van der Waals surface area contributed by atoms with Crippen molar-refractivity contribution in [3.63, 3.8) is 0 Å². The van der Waals surface area contributed by atoms with Crippen LogP contribution in [-0.4, -0.2) is 38.1 Å². The zero-order valence-electron chi connectivity index (χ0n) is 10.5. The number of halogens is 2. The lowest BCUT2D eigenvalue weighted by Gasteiger charge is -2.11. The molecule has 1 rings (SSSR count). The van der Waals surface area contributed by atoms with E-state index in [0.717, 1.165) is 13.0 Å². The normalized spacial score (nSPS) is 10.5. The smallest absolute Gasteiger partial charge is 0.319 e. The summed E-state index contributed by atoms with van der Waals surface area (Å²) in [6.45, 7) is 1.54. The fraction of sp³-hybridized carbons (Fsp3) is 0.417. The van der Waals surface area contributed by atoms with Gasteiger partial charge in [0.05, 0.1) is 15.7 Å². The minimum absolute atomic E-state index is 0.280. The number of hydrogen-bond donors (Lipinski definition) is 2. The van der Waals surface area contributed by atoms with Gasteiger partial charge in [0.1, 0.15) is 0 Å². The summed E-state index contributed by atoms with van der Waals surface area (Å²) >= 11 is 11.8. The van der Waals surface area contributed by atoms with Crippen LogP contribution in [0.15, 0.2) is 18.2 Å². The lowest BCUT2D eigenvalue weighted by molar-refractivity contribution is 0.251. The number of nitrogens with one attached hydrogen (secondary N) is 2. The van der Waals surface area contributed by atoms with Crippen LogP contribution in [0.1, 0.15) is 6.42 Å². The average molecular weight is 290 g/mol. The Balaban J connectivity index is 2.38. The molecule has 0 atom stereocenters. The molecule has 0 heterocycles. The second-order valence-electron chi connectivity index (χ2n) is 4.14. The van der Waals surface area contributed by atoms with Gasteiger partial charge in [-0.05, 0) is 39.2 Å².